The fourth-order valence-corrected chi connectivity index (χ4v) is 5.00. The number of rotatable bonds is 3. The molecule has 2 atom stereocenters. The first-order valence-electron chi connectivity index (χ1n) is 6.05. The van der Waals surface area contributed by atoms with Gasteiger partial charge in [-0.15, -0.1) is 0 Å². The summed E-state index contributed by atoms with van der Waals surface area (Å²) >= 11 is 6.51. The molecule has 0 aromatic heterocycles. The molecule has 0 spiro atoms. The third kappa shape index (κ3) is 3.78. The molecular formula is C12H15Br2NO3S. The lowest BCUT2D eigenvalue weighted by atomic mass is 9.93. The van der Waals surface area contributed by atoms with Gasteiger partial charge in [-0.05, 0) is 47.0 Å². The molecule has 0 radical (unpaired) electrons. The molecule has 0 unspecified atom stereocenters. The first kappa shape index (κ1) is 15.4. The molecule has 106 valence electrons. The number of hydrogen-bond acceptors (Lipinski definition) is 3. The molecule has 0 saturated heterocycles. The van der Waals surface area contributed by atoms with Crippen LogP contribution in [0.15, 0.2) is 32.0 Å². The van der Waals surface area contributed by atoms with Crippen molar-refractivity contribution in [2.45, 2.75) is 42.7 Å². The smallest absolute Gasteiger partial charge is 0.242 e. The Bertz CT molecular complexity index is 562. The number of halogens is 2. The topological polar surface area (TPSA) is 66.4 Å². The Morgan fingerprint density at radius 3 is 2.58 bits per heavy atom. The molecule has 7 heteroatoms. The van der Waals surface area contributed by atoms with Gasteiger partial charge in [-0.25, -0.2) is 13.1 Å². The second-order valence-corrected chi connectivity index (χ2v) is 8.11. The van der Waals surface area contributed by atoms with E-state index in [4.69, 9.17) is 0 Å². The second kappa shape index (κ2) is 6.22. The monoisotopic (exact) mass is 411 g/mol. The predicted octanol–water partition coefficient (Wildman–Crippen LogP) is 2.79. The Labute approximate surface area is 129 Å². The first-order valence-corrected chi connectivity index (χ1v) is 9.12. The summed E-state index contributed by atoms with van der Waals surface area (Å²) in [5.74, 6) is 0. The van der Waals surface area contributed by atoms with E-state index in [0.717, 1.165) is 12.8 Å². The molecule has 0 aliphatic heterocycles. The molecule has 19 heavy (non-hydrogen) atoms. The number of nitrogens with one attached hydrogen (secondary N) is 1. The van der Waals surface area contributed by atoms with Crippen LogP contribution in [0, 0.1) is 0 Å². The van der Waals surface area contributed by atoms with E-state index in [9.17, 15) is 13.5 Å². The molecule has 4 nitrogen and oxygen atoms in total. The van der Waals surface area contributed by atoms with Gasteiger partial charge in [-0.2, -0.15) is 0 Å². The van der Waals surface area contributed by atoms with Crippen molar-refractivity contribution >= 4 is 41.9 Å². The Hall–Kier alpha value is 0.0500. The van der Waals surface area contributed by atoms with Gasteiger partial charge in [0, 0.05) is 15.0 Å². The zero-order valence-corrected chi connectivity index (χ0v) is 14.1. The van der Waals surface area contributed by atoms with E-state index >= 15 is 0 Å². The van der Waals surface area contributed by atoms with Crippen LogP contribution in [0.2, 0.25) is 0 Å². The van der Waals surface area contributed by atoms with Crippen molar-refractivity contribution in [3.63, 3.8) is 0 Å². The van der Waals surface area contributed by atoms with Gasteiger partial charge in [0.15, 0.2) is 0 Å². The summed E-state index contributed by atoms with van der Waals surface area (Å²) in [6, 6.07) is 4.58. The molecule has 1 aromatic carbocycles. The van der Waals surface area contributed by atoms with E-state index in [-0.39, 0.29) is 4.90 Å². The van der Waals surface area contributed by atoms with Crippen molar-refractivity contribution in [3.8, 4) is 0 Å². The summed E-state index contributed by atoms with van der Waals surface area (Å²) in [5.41, 5.74) is 0. The second-order valence-electron chi connectivity index (χ2n) is 4.65. The average Bonchev–Trinajstić information content (AvgIpc) is 2.35. The van der Waals surface area contributed by atoms with Crippen LogP contribution < -0.4 is 4.72 Å². The minimum atomic E-state index is -3.63. The highest BCUT2D eigenvalue weighted by Crippen LogP contribution is 2.27. The highest BCUT2D eigenvalue weighted by molar-refractivity contribution is 9.11. The molecule has 1 aromatic rings. The normalized spacial score (nSPS) is 24.4. The SMILES string of the molecule is O=S(=O)(N[C@@H]1CCCC[C@H]1O)c1cc(Br)ccc1Br. The average molecular weight is 413 g/mol. The van der Waals surface area contributed by atoms with Crippen LogP contribution in [-0.2, 0) is 10.0 Å². The molecule has 0 amide bonds. The van der Waals surface area contributed by atoms with E-state index < -0.39 is 22.2 Å². The van der Waals surface area contributed by atoms with E-state index in [2.05, 4.69) is 36.6 Å². The van der Waals surface area contributed by atoms with Crippen molar-refractivity contribution in [3.05, 3.63) is 27.1 Å². The quantitative estimate of drug-likeness (QED) is 0.802. The third-order valence-electron chi connectivity index (χ3n) is 3.22. The van der Waals surface area contributed by atoms with Crippen molar-refractivity contribution in [2.75, 3.05) is 0 Å². The minimum Gasteiger partial charge on any atom is -0.391 e. The molecule has 0 bridgehead atoms. The summed E-state index contributed by atoms with van der Waals surface area (Å²) in [5, 5.41) is 9.86. The van der Waals surface area contributed by atoms with Crippen LogP contribution in [0.25, 0.3) is 0 Å². The molecule has 1 fully saturated rings. The van der Waals surface area contributed by atoms with E-state index in [0.29, 0.717) is 21.8 Å². The summed E-state index contributed by atoms with van der Waals surface area (Å²) in [4.78, 5) is 0.180. The van der Waals surface area contributed by atoms with E-state index in [1.54, 1.807) is 18.2 Å². The number of aliphatic hydroxyl groups excluding tert-OH is 1. The lowest BCUT2D eigenvalue weighted by Crippen LogP contribution is -2.45. The van der Waals surface area contributed by atoms with Gasteiger partial charge in [0.05, 0.1) is 11.0 Å². The molecule has 1 saturated carbocycles. The van der Waals surface area contributed by atoms with Gasteiger partial charge in [-0.1, -0.05) is 28.8 Å². The Balaban J connectivity index is 2.24. The van der Waals surface area contributed by atoms with Crippen LogP contribution >= 0.6 is 31.9 Å². The minimum absolute atomic E-state index is 0.180. The molecular weight excluding hydrogens is 398 g/mol. The van der Waals surface area contributed by atoms with Gasteiger partial charge >= 0.3 is 0 Å². The van der Waals surface area contributed by atoms with Crippen molar-refractivity contribution in [1.82, 2.24) is 4.72 Å². The summed E-state index contributed by atoms with van der Waals surface area (Å²) in [7, 11) is -3.63. The molecule has 2 rings (SSSR count). The molecule has 1 aliphatic rings. The van der Waals surface area contributed by atoms with Crippen molar-refractivity contribution < 1.29 is 13.5 Å². The number of aliphatic hydroxyl groups is 1. The zero-order valence-electron chi connectivity index (χ0n) is 10.1. The lowest BCUT2D eigenvalue weighted by Gasteiger charge is -2.28. The highest BCUT2D eigenvalue weighted by Gasteiger charge is 2.29. The first-order chi connectivity index (χ1) is 8.90. The summed E-state index contributed by atoms with van der Waals surface area (Å²) in [6.45, 7) is 0. The Morgan fingerprint density at radius 2 is 1.89 bits per heavy atom. The maximum atomic E-state index is 12.3. The van der Waals surface area contributed by atoms with Crippen molar-refractivity contribution in [2.24, 2.45) is 0 Å². The van der Waals surface area contributed by atoms with Crippen LogP contribution in [-0.4, -0.2) is 25.7 Å². The number of hydrogen-bond donors (Lipinski definition) is 2. The maximum absolute atomic E-state index is 12.3. The molecule has 1 aliphatic carbocycles. The fraction of sp³-hybridized carbons (Fsp3) is 0.500. The maximum Gasteiger partial charge on any atom is 0.242 e. The van der Waals surface area contributed by atoms with Crippen LogP contribution in [0.3, 0.4) is 0 Å². The zero-order chi connectivity index (χ0) is 14.0. The lowest BCUT2D eigenvalue weighted by molar-refractivity contribution is 0.101. The van der Waals surface area contributed by atoms with Gasteiger partial charge < -0.3 is 5.11 Å². The Morgan fingerprint density at radius 1 is 1.21 bits per heavy atom. The third-order valence-corrected chi connectivity index (χ3v) is 6.20. The Kier molecular flexibility index (Phi) is 5.05. The van der Waals surface area contributed by atoms with Crippen LogP contribution in [0.5, 0.6) is 0 Å². The van der Waals surface area contributed by atoms with Crippen LogP contribution in [0.1, 0.15) is 25.7 Å². The number of benzene rings is 1. The van der Waals surface area contributed by atoms with Crippen molar-refractivity contribution in [1.29, 1.82) is 0 Å². The summed E-state index contributed by atoms with van der Waals surface area (Å²) < 4.78 is 28.5. The molecule has 2 N–H and O–H groups in total. The van der Waals surface area contributed by atoms with Gasteiger partial charge in [-0.3, -0.25) is 0 Å². The predicted molar refractivity (Wildman–Crippen MR) is 80.4 cm³/mol. The van der Waals surface area contributed by atoms with Gasteiger partial charge in [0.2, 0.25) is 10.0 Å². The van der Waals surface area contributed by atoms with E-state index in [1.165, 1.54) is 0 Å². The largest absolute Gasteiger partial charge is 0.391 e. The summed E-state index contributed by atoms with van der Waals surface area (Å²) in [6.07, 6.45) is 2.59. The number of sulfonamides is 1. The van der Waals surface area contributed by atoms with Crippen LogP contribution in [0.4, 0.5) is 0 Å². The van der Waals surface area contributed by atoms with E-state index in [1.807, 2.05) is 0 Å². The highest BCUT2D eigenvalue weighted by atomic mass is 79.9. The van der Waals surface area contributed by atoms with Gasteiger partial charge in [0.25, 0.3) is 0 Å². The molecule has 0 heterocycles. The van der Waals surface area contributed by atoms with Gasteiger partial charge in [0.1, 0.15) is 0 Å². The standard InChI is InChI=1S/C12H15Br2NO3S/c13-8-5-6-9(14)12(7-8)19(17,18)15-10-3-1-2-4-11(10)16/h5-7,10-11,15-16H,1-4H2/t10-,11-/m1/s1. The fourth-order valence-electron chi connectivity index (χ4n) is 2.19.